The van der Waals surface area contributed by atoms with E-state index in [1.54, 1.807) is 11.2 Å². The average Bonchev–Trinajstić information content (AvgIpc) is 3.30. The normalized spacial score (nSPS) is 26.6. The lowest BCUT2D eigenvalue weighted by atomic mass is 9.77. The molecular formula is C22H23N3O4. The summed E-state index contributed by atoms with van der Waals surface area (Å²) in [5.74, 6) is -0.344. The van der Waals surface area contributed by atoms with Gasteiger partial charge in [0.25, 0.3) is 5.91 Å². The van der Waals surface area contributed by atoms with Gasteiger partial charge >= 0.3 is 0 Å². The number of imidazole rings is 1. The Kier molecular flexibility index (Phi) is 4.20. The Labute approximate surface area is 167 Å². The predicted octanol–water partition coefficient (Wildman–Crippen LogP) is 2.53. The van der Waals surface area contributed by atoms with Crippen LogP contribution in [0.15, 0.2) is 48.8 Å². The number of phenolic OH excluding ortho intramolecular Hbond substituents is 2. The van der Waals surface area contributed by atoms with E-state index in [2.05, 4.69) is 9.55 Å². The van der Waals surface area contributed by atoms with Crippen LogP contribution < -0.4 is 0 Å². The number of phenols is 2. The van der Waals surface area contributed by atoms with Crippen LogP contribution in [-0.2, 0) is 0 Å². The van der Waals surface area contributed by atoms with E-state index in [1.807, 2.05) is 24.3 Å². The molecule has 1 aromatic heterocycles. The van der Waals surface area contributed by atoms with Crippen molar-refractivity contribution in [2.24, 2.45) is 11.8 Å². The first-order valence-corrected chi connectivity index (χ1v) is 9.92. The molecule has 0 unspecified atom stereocenters. The third-order valence-corrected chi connectivity index (χ3v) is 6.47. The fourth-order valence-electron chi connectivity index (χ4n) is 5.02. The van der Waals surface area contributed by atoms with Gasteiger partial charge in [0.05, 0.1) is 29.5 Å². The Morgan fingerprint density at radius 1 is 0.966 bits per heavy atom. The lowest BCUT2D eigenvalue weighted by Gasteiger charge is -2.36. The zero-order valence-corrected chi connectivity index (χ0v) is 15.8. The number of hydrogen-bond acceptors (Lipinski definition) is 5. The van der Waals surface area contributed by atoms with Crippen LogP contribution in [0.2, 0.25) is 0 Å². The molecule has 1 saturated heterocycles. The first kappa shape index (κ1) is 18.0. The molecule has 2 aliphatic rings. The minimum absolute atomic E-state index is 0.0520. The van der Waals surface area contributed by atoms with Gasteiger partial charge in [0, 0.05) is 13.1 Å². The second kappa shape index (κ2) is 6.77. The molecule has 0 radical (unpaired) electrons. The van der Waals surface area contributed by atoms with Crippen LogP contribution in [0.5, 0.6) is 11.5 Å². The number of aliphatic hydroxyl groups excluding tert-OH is 1. The SMILES string of the molecule is O=C(c1c(O)cccc1O)N1C[C@H]2C[C@@H](n3cnc4ccccc43)[C@H](O)C[C@H]2C1. The van der Waals surface area contributed by atoms with Crippen LogP contribution in [0, 0.1) is 11.8 Å². The van der Waals surface area contributed by atoms with E-state index >= 15 is 0 Å². The number of aromatic nitrogens is 2. The molecule has 0 spiro atoms. The number of benzene rings is 2. The quantitative estimate of drug-likeness (QED) is 0.621. The maximum absolute atomic E-state index is 12.9. The molecule has 1 saturated carbocycles. The molecule has 1 amide bonds. The van der Waals surface area contributed by atoms with Gasteiger partial charge < -0.3 is 24.8 Å². The number of hydrogen-bond donors (Lipinski definition) is 3. The first-order valence-electron chi connectivity index (χ1n) is 9.92. The van der Waals surface area contributed by atoms with Crippen molar-refractivity contribution >= 4 is 16.9 Å². The second-order valence-corrected chi connectivity index (χ2v) is 8.15. The number of para-hydroxylation sites is 2. The largest absolute Gasteiger partial charge is 0.507 e. The smallest absolute Gasteiger partial charge is 0.261 e. The predicted molar refractivity (Wildman–Crippen MR) is 107 cm³/mol. The van der Waals surface area contributed by atoms with E-state index in [4.69, 9.17) is 0 Å². The van der Waals surface area contributed by atoms with Crippen molar-refractivity contribution in [2.75, 3.05) is 13.1 Å². The van der Waals surface area contributed by atoms with Gasteiger partial charge in [0.1, 0.15) is 17.1 Å². The van der Waals surface area contributed by atoms with Crippen molar-refractivity contribution in [1.29, 1.82) is 0 Å². The summed E-state index contributed by atoms with van der Waals surface area (Å²) in [7, 11) is 0. The summed E-state index contributed by atoms with van der Waals surface area (Å²) in [5, 5.41) is 30.9. The molecular weight excluding hydrogens is 370 g/mol. The summed E-state index contributed by atoms with van der Waals surface area (Å²) < 4.78 is 2.05. The highest BCUT2D eigenvalue weighted by Gasteiger charge is 2.44. The van der Waals surface area contributed by atoms with E-state index < -0.39 is 6.10 Å². The number of fused-ring (bicyclic) bond motifs is 2. The van der Waals surface area contributed by atoms with E-state index in [0.29, 0.717) is 19.5 Å². The van der Waals surface area contributed by atoms with Crippen LogP contribution in [0.1, 0.15) is 29.2 Å². The van der Waals surface area contributed by atoms with E-state index in [0.717, 1.165) is 17.5 Å². The number of likely N-dealkylation sites (tertiary alicyclic amines) is 1. The van der Waals surface area contributed by atoms with Gasteiger partial charge in [0.2, 0.25) is 0 Å². The van der Waals surface area contributed by atoms with Crippen LogP contribution >= 0.6 is 0 Å². The molecule has 150 valence electrons. The number of aromatic hydroxyl groups is 2. The molecule has 5 rings (SSSR count). The molecule has 3 N–H and O–H groups in total. The lowest BCUT2D eigenvalue weighted by Crippen LogP contribution is -2.36. The zero-order chi connectivity index (χ0) is 20.1. The van der Waals surface area contributed by atoms with Gasteiger partial charge in [-0.3, -0.25) is 4.79 Å². The number of aliphatic hydroxyl groups is 1. The molecule has 7 nitrogen and oxygen atoms in total. The minimum atomic E-state index is -0.512. The Morgan fingerprint density at radius 3 is 2.41 bits per heavy atom. The molecule has 29 heavy (non-hydrogen) atoms. The van der Waals surface area contributed by atoms with Crippen molar-refractivity contribution in [1.82, 2.24) is 14.5 Å². The van der Waals surface area contributed by atoms with Crippen molar-refractivity contribution in [2.45, 2.75) is 25.0 Å². The fourth-order valence-corrected chi connectivity index (χ4v) is 5.02. The van der Waals surface area contributed by atoms with E-state index in [-0.39, 0.29) is 40.8 Å². The van der Waals surface area contributed by atoms with Crippen molar-refractivity contribution in [3.8, 4) is 11.5 Å². The van der Waals surface area contributed by atoms with Crippen LogP contribution in [0.4, 0.5) is 0 Å². The topological polar surface area (TPSA) is 98.8 Å². The molecule has 0 bridgehead atoms. The molecule has 4 atom stereocenters. The molecule has 1 aliphatic carbocycles. The van der Waals surface area contributed by atoms with Crippen LogP contribution in [-0.4, -0.2) is 54.9 Å². The van der Waals surface area contributed by atoms with Gasteiger partial charge in [-0.25, -0.2) is 4.98 Å². The standard InChI is InChI=1S/C22H23N3O4/c26-18-6-3-7-19(27)21(18)22(29)24-10-13-8-17(20(28)9-14(13)11-24)25-12-23-15-4-1-2-5-16(15)25/h1-7,12-14,17,20,26-28H,8-11H2/t13-,14+,17-,20-/m1/s1. The molecule has 2 fully saturated rings. The number of carbonyl (C=O) groups excluding carboxylic acids is 1. The summed E-state index contributed by atoms with van der Waals surface area (Å²) in [5.41, 5.74) is 1.85. The Bertz CT molecular complexity index is 1060. The average molecular weight is 393 g/mol. The van der Waals surface area contributed by atoms with Crippen molar-refractivity contribution in [3.63, 3.8) is 0 Å². The molecule has 2 aromatic carbocycles. The summed E-state index contributed by atoms with van der Waals surface area (Å²) in [4.78, 5) is 19.1. The summed E-state index contributed by atoms with van der Waals surface area (Å²) in [6.07, 6.45) is 2.64. The minimum Gasteiger partial charge on any atom is -0.507 e. The summed E-state index contributed by atoms with van der Waals surface area (Å²) in [6, 6.07) is 12.1. The fraction of sp³-hybridized carbons (Fsp3) is 0.364. The van der Waals surface area contributed by atoms with Gasteiger partial charge in [-0.1, -0.05) is 18.2 Å². The summed E-state index contributed by atoms with van der Waals surface area (Å²) in [6.45, 7) is 1.07. The second-order valence-electron chi connectivity index (χ2n) is 8.15. The highest BCUT2D eigenvalue weighted by molar-refractivity contribution is 5.99. The molecule has 2 heterocycles. The highest BCUT2D eigenvalue weighted by Crippen LogP contribution is 2.43. The zero-order valence-electron chi connectivity index (χ0n) is 15.8. The maximum atomic E-state index is 12.9. The molecule has 3 aromatic rings. The molecule has 7 heteroatoms. The summed E-state index contributed by atoms with van der Waals surface area (Å²) >= 11 is 0. The Balaban J connectivity index is 1.38. The number of nitrogens with zero attached hydrogens (tertiary/aromatic N) is 3. The van der Waals surface area contributed by atoms with E-state index in [1.165, 1.54) is 18.2 Å². The van der Waals surface area contributed by atoms with Crippen LogP contribution in [0.25, 0.3) is 11.0 Å². The number of amides is 1. The Hall–Kier alpha value is -3.06. The third kappa shape index (κ3) is 2.93. The monoisotopic (exact) mass is 393 g/mol. The maximum Gasteiger partial charge on any atom is 0.261 e. The van der Waals surface area contributed by atoms with Crippen molar-refractivity contribution < 1.29 is 20.1 Å². The van der Waals surface area contributed by atoms with E-state index in [9.17, 15) is 20.1 Å². The third-order valence-electron chi connectivity index (χ3n) is 6.47. The first-order chi connectivity index (χ1) is 14.0. The Morgan fingerprint density at radius 2 is 1.66 bits per heavy atom. The lowest BCUT2D eigenvalue weighted by molar-refractivity contribution is 0.0374. The highest BCUT2D eigenvalue weighted by atomic mass is 16.3. The number of rotatable bonds is 2. The van der Waals surface area contributed by atoms with Gasteiger partial charge in [-0.2, -0.15) is 0 Å². The van der Waals surface area contributed by atoms with Crippen molar-refractivity contribution in [3.05, 3.63) is 54.4 Å². The number of carbonyl (C=O) groups is 1. The van der Waals surface area contributed by atoms with Gasteiger partial charge in [-0.05, 0) is 48.9 Å². The molecule has 1 aliphatic heterocycles. The van der Waals surface area contributed by atoms with Gasteiger partial charge in [0.15, 0.2) is 0 Å². The van der Waals surface area contributed by atoms with Gasteiger partial charge in [-0.15, -0.1) is 0 Å². The van der Waals surface area contributed by atoms with Crippen LogP contribution in [0.3, 0.4) is 0 Å².